The Kier molecular flexibility index (Phi) is 3.22. The van der Waals surface area contributed by atoms with E-state index in [2.05, 4.69) is 47.0 Å². The second-order valence-electron chi connectivity index (χ2n) is 4.19. The molecule has 0 aromatic carbocycles. The molecule has 4 nitrogen and oxygen atoms in total. The molecule has 1 aliphatic heterocycles. The molecule has 0 atom stereocenters. The van der Waals surface area contributed by atoms with E-state index >= 15 is 0 Å². The largest absolute Gasteiger partial charge is 0.354 e. The topological polar surface area (TPSA) is 42.0 Å². The highest BCUT2D eigenvalue weighted by Crippen LogP contribution is 2.19. The second kappa shape index (κ2) is 4.64. The highest BCUT2D eigenvalue weighted by Gasteiger charge is 2.13. The van der Waals surface area contributed by atoms with Gasteiger partial charge in [0.05, 0.1) is 5.71 Å². The molecule has 1 aromatic heterocycles. The Balaban J connectivity index is 2.38. The lowest BCUT2D eigenvalue weighted by atomic mass is 9.86. The standard InChI is InChI=1S/C11H16BN4/c1-8-9(2)16(3)7-10(8)11-5-4-6-12-14-15-13-11/h7H,4-6H2,1-3H3. The van der Waals surface area contributed by atoms with Gasteiger partial charge >= 0.3 is 7.41 Å². The number of aromatic nitrogens is 1. The molecular formula is C11H16BN4. The van der Waals surface area contributed by atoms with Crippen LogP contribution in [0.4, 0.5) is 0 Å². The minimum absolute atomic E-state index is 0.972. The van der Waals surface area contributed by atoms with Crippen molar-refractivity contribution in [3.63, 3.8) is 0 Å². The van der Waals surface area contributed by atoms with Crippen molar-refractivity contribution in [2.75, 3.05) is 0 Å². The van der Waals surface area contributed by atoms with Gasteiger partial charge in [-0.2, -0.15) is 0 Å². The van der Waals surface area contributed by atoms with Gasteiger partial charge in [0.1, 0.15) is 0 Å². The molecule has 2 heterocycles. The van der Waals surface area contributed by atoms with Gasteiger partial charge in [-0.3, -0.25) is 0 Å². The summed E-state index contributed by atoms with van der Waals surface area (Å²) in [6, 6.07) is 0. The molecule has 1 aliphatic rings. The molecule has 16 heavy (non-hydrogen) atoms. The Morgan fingerprint density at radius 2 is 2.19 bits per heavy atom. The third-order valence-electron chi connectivity index (χ3n) is 3.15. The number of hydrogen-bond donors (Lipinski definition) is 0. The van der Waals surface area contributed by atoms with Crippen molar-refractivity contribution < 1.29 is 0 Å². The van der Waals surface area contributed by atoms with E-state index < -0.39 is 0 Å². The molecule has 1 radical (unpaired) electrons. The fraction of sp³-hybridized carbons (Fsp3) is 0.545. The average Bonchev–Trinajstić information content (AvgIpc) is 2.46. The van der Waals surface area contributed by atoms with Gasteiger partial charge in [-0.05, 0) is 25.8 Å². The summed E-state index contributed by atoms with van der Waals surface area (Å²) in [4.78, 5) is 0. The van der Waals surface area contributed by atoms with E-state index in [1.165, 1.54) is 16.8 Å². The molecule has 0 spiro atoms. The highest BCUT2D eigenvalue weighted by atomic mass is 15.3. The number of aryl methyl sites for hydroxylation is 1. The van der Waals surface area contributed by atoms with E-state index in [1.807, 2.05) is 7.41 Å². The molecule has 0 bridgehead atoms. The lowest BCUT2D eigenvalue weighted by Crippen LogP contribution is -2.03. The number of rotatable bonds is 1. The van der Waals surface area contributed by atoms with Gasteiger partial charge in [0.2, 0.25) is 0 Å². The summed E-state index contributed by atoms with van der Waals surface area (Å²) in [6.45, 7) is 4.26. The summed E-state index contributed by atoms with van der Waals surface area (Å²) in [5.41, 5.74) is 4.84. The van der Waals surface area contributed by atoms with Crippen LogP contribution in [0.1, 0.15) is 29.7 Å². The molecule has 0 aliphatic carbocycles. The molecule has 83 valence electrons. The number of hydrogen-bond acceptors (Lipinski definition) is 3. The van der Waals surface area contributed by atoms with Crippen molar-refractivity contribution in [1.29, 1.82) is 0 Å². The number of nitrogens with zero attached hydrogens (tertiary/aromatic N) is 4. The Morgan fingerprint density at radius 3 is 2.88 bits per heavy atom. The monoisotopic (exact) mass is 215 g/mol. The maximum atomic E-state index is 4.20. The molecule has 0 amide bonds. The van der Waals surface area contributed by atoms with Gasteiger partial charge in [0.15, 0.2) is 0 Å². The zero-order valence-corrected chi connectivity index (χ0v) is 10.1. The Hall–Kier alpha value is -1.39. The third-order valence-corrected chi connectivity index (χ3v) is 3.15. The van der Waals surface area contributed by atoms with Crippen LogP contribution in [0.25, 0.3) is 0 Å². The molecule has 5 heteroatoms. The molecule has 0 N–H and O–H groups in total. The van der Waals surface area contributed by atoms with Gasteiger partial charge in [-0.15, -0.1) is 5.10 Å². The SMILES string of the molecule is Cc1c(C2=NN=N[B]CCC2)cn(C)c1C. The van der Waals surface area contributed by atoms with Crippen LogP contribution in [-0.4, -0.2) is 17.7 Å². The summed E-state index contributed by atoms with van der Waals surface area (Å²) in [6.07, 6.45) is 5.17. The Labute approximate surface area is 96.7 Å². The van der Waals surface area contributed by atoms with Crippen molar-refractivity contribution >= 4 is 13.1 Å². The summed E-state index contributed by atoms with van der Waals surface area (Å²) in [7, 11) is 3.88. The first-order chi connectivity index (χ1) is 7.70. The first-order valence-corrected chi connectivity index (χ1v) is 5.61. The lowest BCUT2D eigenvalue weighted by molar-refractivity contribution is 0.876. The van der Waals surface area contributed by atoms with E-state index in [-0.39, 0.29) is 0 Å². The van der Waals surface area contributed by atoms with Crippen LogP contribution in [0.5, 0.6) is 0 Å². The smallest absolute Gasteiger partial charge is 0.308 e. The second-order valence-corrected chi connectivity index (χ2v) is 4.19. The van der Waals surface area contributed by atoms with E-state index in [0.717, 1.165) is 24.9 Å². The summed E-state index contributed by atoms with van der Waals surface area (Å²) in [5, 5.41) is 11.9. The van der Waals surface area contributed by atoms with E-state index in [9.17, 15) is 0 Å². The summed E-state index contributed by atoms with van der Waals surface area (Å²) in [5.74, 6) is 0. The van der Waals surface area contributed by atoms with Crippen molar-refractivity contribution in [3.8, 4) is 0 Å². The predicted molar refractivity (Wildman–Crippen MR) is 66.1 cm³/mol. The molecule has 1 aromatic rings. The predicted octanol–water partition coefficient (Wildman–Crippen LogP) is 2.63. The minimum atomic E-state index is 0.972. The van der Waals surface area contributed by atoms with Gasteiger partial charge in [0, 0.05) is 24.5 Å². The fourth-order valence-electron chi connectivity index (χ4n) is 1.91. The molecule has 0 fully saturated rings. The maximum absolute atomic E-state index is 4.20. The van der Waals surface area contributed by atoms with Crippen molar-refractivity contribution in [1.82, 2.24) is 4.57 Å². The van der Waals surface area contributed by atoms with Crippen molar-refractivity contribution in [2.45, 2.75) is 33.0 Å². The Bertz CT molecular complexity index is 445. The fourth-order valence-corrected chi connectivity index (χ4v) is 1.91. The highest BCUT2D eigenvalue weighted by molar-refractivity contribution is 6.32. The minimum Gasteiger partial charge on any atom is -0.354 e. The van der Waals surface area contributed by atoms with E-state index in [4.69, 9.17) is 0 Å². The van der Waals surface area contributed by atoms with E-state index in [0.29, 0.717) is 0 Å². The molecule has 0 unspecified atom stereocenters. The quantitative estimate of drug-likeness (QED) is 0.646. The third kappa shape index (κ3) is 2.08. The van der Waals surface area contributed by atoms with Gasteiger partial charge in [0.25, 0.3) is 0 Å². The zero-order chi connectivity index (χ0) is 11.5. The molecule has 0 saturated heterocycles. The zero-order valence-electron chi connectivity index (χ0n) is 10.1. The van der Waals surface area contributed by atoms with Crippen LogP contribution < -0.4 is 0 Å². The first kappa shape index (κ1) is 11.1. The van der Waals surface area contributed by atoms with Crippen LogP contribution in [0.15, 0.2) is 21.5 Å². The van der Waals surface area contributed by atoms with Crippen LogP contribution >= 0.6 is 0 Å². The van der Waals surface area contributed by atoms with Gasteiger partial charge < -0.3 is 4.57 Å². The molecule has 0 saturated carbocycles. The van der Waals surface area contributed by atoms with Crippen LogP contribution in [0.3, 0.4) is 0 Å². The lowest BCUT2D eigenvalue weighted by Gasteiger charge is -2.05. The molecular weight excluding hydrogens is 199 g/mol. The first-order valence-electron chi connectivity index (χ1n) is 5.61. The van der Waals surface area contributed by atoms with E-state index in [1.54, 1.807) is 0 Å². The van der Waals surface area contributed by atoms with Crippen LogP contribution in [0.2, 0.25) is 6.32 Å². The summed E-state index contributed by atoms with van der Waals surface area (Å²) < 4.78 is 2.13. The van der Waals surface area contributed by atoms with Crippen molar-refractivity contribution in [2.24, 2.45) is 22.4 Å². The molecule has 2 rings (SSSR count). The normalized spacial score (nSPS) is 16.3. The Morgan fingerprint density at radius 1 is 1.38 bits per heavy atom. The van der Waals surface area contributed by atoms with Crippen LogP contribution in [0, 0.1) is 13.8 Å². The summed E-state index contributed by atoms with van der Waals surface area (Å²) >= 11 is 0. The van der Waals surface area contributed by atoms with Crippen molar-refractivity contribution in [3.05, 3.63) is 23.0 Å². The average molecular weight is 215 g/mol. The van der Waals surface area contributed by atoms with Crippen LogP contribution in [-0.2, 0) is 7.05 Å². The van der Waals surface area contributed by atoms with Gasteiger partial charge in [-0.25, -0.2) is 5.03 Å². The van der Waals surface area contributed by atoms with Gasteiger partial charge in [-0.1, -0.05) is 18.0 Å². The maximum Gasteiger partial charge on any atom is 0.308 e.